The molecule has 142 valence electrons. The number of nitrogens with one attached hydrogen (secondary N) is 1. The van der Waals surface area contributed by atoms with Crippen molar-refractivity contribution in [1.82, 2.24) is 15.0 Å². The molecule has 0 fully saturated rings. The number of alkyl halides is 3. The van der Waals surface area contributed by atoms with Gasteiger partial charge in [-0.3, -0.25) is 0 Å². The lowest BCUT2D eigenvalue weighted by Crippen LogP contribution is -2.14. The van der Waals surface area contributed by atoms with Crippen molar-refractivity contribution in [3.63, 3.8) is 0 Å². The molecule has 0 atom stereocenters. The van der Waals surface area contributed by atoms with E-state index < -0.39 is 23.1 Å². The Kier molecular flexibility index (Phi) is 4.86. The van der Waals surface area contributed by atoms with Gasteiger partial charge in [0.1, 0.15) is 11.6 Å². The predicted octanol–water partition coefficient (Wildman–Crippen LogP) is 4.18. The summed E-state index contributed by atoms with van der Waals surface area (Å²) in [7, 11) is 0. The zero-order valence-electron chi connectivity index (χ0n) is 14.6. The molecule has 2 heterocycles. The second-order valence-electron chi connectivity index (χ2n) is 6.34. The van der Waals surface area contributed by atoms with E-state index in [1.807, 2.05) is 13.8 Å². The van der Waals surface area contributed by atoms with Crippen LogP contribution < -0.4 is 11.1 Å². The van der Waals surface area contributed by atoms with Crippen molar-refractivity contribution in [3.05, 3.63) is 53.0 Å². The third kappa shape index (κ3) is 3.91. The van der Waals surface area contributed by atoms with Crippen LogP contribution in [0.15, 0.2) is 30.5 Å². The van der Waals surface area contributed by atoms with Crippen LogP contribution in [0.1, 0.15) is 30.5 Å². The lowest BCUT2D eigenvalue weighted by Gasteiger charge is -2.15. The molecule has 5 nitrogen and oxygen atoms in total. The second kappa shape index (κ2) is 6.98. The summed E-state index contributed by atoms with van der Waals surface area (Å²) >= 11 is 0. The molecule has 0 aliphatic carbocycles. The van der Waals surface area contributed by atoms with Crippen LogP contribution in [-0.2, 0) is 12.6 Å². The van der Waals surface area contributed by atoms with Gasteiger partial charge >= 0.3 is 6.18 Å². The smallest absolute Gasteiger partial charge is 0.383 e. The molecule has 0 radical (unpaired) electrons. The van der Waals surface area contributed by atoms with E-state index in [4.69, 9.17) is 5.73 Å². The van der Waals surface area contributed by atoms with Crippen molar-refractivity contribution in [3.8, 4) is 0 Å². The first-order chi connectivity index (χ1) is 12.7. The topological polar surface area (TPSA) is 76.7 Å². The average molecular weight is 379 g/mol. The zero-order valence-corrected chi connectivity index (χ0v) is 14.6. The Morgan fingerprint density at radius 3 is 2.56 bits per heavy atom. The largest absolute Gasteiger partial charge is 0.416 e. The summed E-state index contributed by atoms with van der Waals surface area (Å²) in [4.78, 5) is 12.5. The lowest BCUT2D eigenvalue weighted by atomic mass is 9.97. The van der Waals surface area contributed by atoms with Crippen molar-refractivity contribution >= 4 is 22.8 Å². The van der Waals surface area contributed by atoms with Gasteiger partial charge in [-0.2, -0.15) is 23.1 Å². The third-order valence-corrected chi connectivity index (χ3v) is 3.92. The number of hydrogen-bond acceptors (Lipinski definition) is 5. The molecule has 2 aromatic heterocycles. The number of benzene rings is 1. The molecule has 3 rings (SSSR count). The number of pyridine rings is 1. The molecular weight excluding hydrogens is 362 g/mol. The highest BCUT2D eigenvalue weighted by Crippen LogP contribution is 2.35. The van der Waals surface area contributed by atoms with Crippen LogP contribution in [0.2, 0.25) is 0 Å². The SMILES string of the molecule is CC(C)Nc1nc(N)c2c(Cc3c(F)cccc3C(F)(F)F)ccnc2n1. The van der Waals surface area contributed by atoms with Gasteiger partial charge in [0.2, 0.25) is 5.95 Å². The maximum absolute atomic E-state index is 14.2. The number of halogens is 4. The quantitative estimate of drug-likeness (QED) is 0.665. The molecule has 0 spiro atoms. The number of nitrogens with two attached hydrogens (primary N) is 1. The van der Waals surface area contributed by atoms with Gasteiger partial charge in [-0.1, -0.05) is 6.07 Å². The highest BCUT2D eigenvalue weighted by molar-refractivity contribution is 5.89. The minimum absolute atomic E-state index is 0.0535. The zero-order chi connectivity index (χ0) is 19.8. The number of nitrogen functional groups attached to an aromatic ring is 1. The van der Waals surface area contributed by atoms with Crippen LogP contribution in [0.4, 0.5) is 29.3 Å². The van der Waals surface area contributed by atoms with Gasteiger partial charge in [-0.15, -0.1) is 0 Å². The van der Waals surface area contributed by atoms with Crippen LogP contribution in [0.5, 0.6) is 0 Å². The Morgan fingerprint density at radius 1 is 1.15 bits per heavy atom. The van der Waals surface area contributed by atoms with Gasteiger partial charge in [0.05, 0.1) is 10.9 Å². The standard InChI is InChI=1S/C18H17F4N5/c1-9(2)25-17-26-15(23)14-10(6-7-24-16(14)27-17)8-11-12(18(20,21)22)4-3-5-13(11)19/h3-7,9H,8H2,1-2H3,(H3,23,24,25,26,27). The van der Waals surface area contributed by atoms with Crippen molar-refractivity contribution in [2.75, 3.05) is 11.1 Å². The first-order valence-electron chi connectivity index (χ1n) is 8.19. The summed E-state index contributed by atoms with van der Waals surface area (Å²) in [5, 5.41) is 3.30. The normalized spacial score (nSPS) is 12.0. The number of fused-ring (bicyclic) bond motifs is 1. The van der Waals surface area contributed by atoms with Gasteiger partial charge in [0.15, 0.2) is 5.65 Å². The number of anilines is 2. The van der Waals surface area contributed by atoms with Crippen molar-refractivity contribution in [2.45, 2.75) is 32.5 Å². The fourth-order valence-electron chi connectivity index (χ4n) is 2.81. The third-order valence-electron chi connectivity index (χ3n) is 3.92. The number of nitrogens with zero attached hydrogens (tertiary/aromatic N) is 3. The highest BCUT2D eigenvalue weighted by Gasteiger charge is 2.34. The van der Waals surface area contributed by atoms with E-state index in [1.54, 1.807) is 0 Å². The Bertz CT molecular complexity index is 985. The van der Waals surface area contributed by atoms with Crippen molar-refractivity contribution in [1.29, 1.82) is 0 Å². The minimum atomic E-state index is -4.67. The molecular formula is C18H17F4N5. The van der Waals surface area contributed by atoms with E-state index in [9.17, 15) is 17.6 Å². The van der Waals surface area contributed by atoms with E-state index in [0.717, 1.165) is 18.2 Å². The van der Waals surface area contributed by atoms with Crippen LogP contribution >= 0.6 is 0 Å². The summed E-state index contributed by atoms with van der Waals surface area (Å²) in [5.41, 5.74) is 5.12. The molecule has 9 heteroatoms. The van der Waals surface area contributed by atoms with Gasteiger partial charge in [-0.25, -0.2) is 9.37 Å². The van der Waals surface area contributed by atoms with Gasteiger partial charge < -0.3 is 11.1 Å². The monoisotopic (exact) mass is 379 g/mol. The van der Waals surface area contributed by atoms with E-state index in [1.165, 1.54) is 12.3 Å². The first kappa shape index (κ1) is 18.8. The lowest BCUT2D eigenvalue weighted by molar-refractivity contribution is -0.138. The summed E-state index contributed by atoms with van der Waals surface area (Å²) in [6.07, 6.45) is -3.58. The molecule has 0 aliphatic heterocycles. The first-order valence-corrected chi connectivity index (χ1v) is 8.19. The van der Waals surface area contributed by atoms with E-state index in [0.29, 0.717) is 10.9 Å². The molecule has 0 saturated carbocycles. The van der Waals surface area contributed by atoms with Crippen LogP contribution in [0, 0.1) is 5.82 Å². The highest BCUT2D eigenvalue weighted by atomic mass is 19.4. The molecule has 0 unspecified atom stereocenters. The minimum Gasteiger partial charge on any atom is -0.383 e. The van der Waals surface area contributed by atoms with Crippen LogP contribution in [0.3, 0.4) is 0 Å². The maximum atomic E-state index is 14.2. The Labute approximate surface area is 152 Å². The molecule has 0 aliphatic rings. The van der Waals surface area contributed by atoms with Gasteiger partial charge in [0.25, 0.3) is 0 Å². The Hall–Kier alpha value is -2.97. The van der Waals surface area contributed by atoms with E-state index >= 15 is 0 Å². The molecule has 3 N–H and O–H groups in total. The Morgan fingerprint density at radius 2 is 1.89 bits per heavy atom. The predicted molar refractivity (Wildman–Crippen MR) is 94.7 cm³/mol. The fourth-order valence-corrected chi connectivity index (χ4v) is 2.81. The van der Waals surface area contributed by atoms with Gasteiger partial charge in [-0.05, 0) is 37.6 Å². The summed E-state index contributed by atoms with van der Waals surface area (Å²) < 4.78 is 54.0. The van der Waals surface area contributed by atoms with Gasteiger partial charge in [0, 0.05) is 24.2 Å². The van der Waals surface area contributed by atoms with Crippen molar-refractivity contribution in [2.24, 2.45) is 0 Å². The molecule has 0 amide bonds. The molecule has 0 saturated heterocycles. The second-order valence-corrected chi connectivity index (χ2v) is 6.34. The average Bonchev–Trinajstić information content (AvgIpc) is 2.54. The van der Waals surface area contributed by atoms with Crippen LogP contribution in [-0.4, -0.2) is 21.0 Å². The molecule has 27 heavy (non-hydrogen) atoms. The maximum Gasteiger partial charge on any atom is 0.416 e. The number of hydrogen-bond donors (Lipinski definition) is 2. The van der Waals surface area contributed by atoms with E-state index in [2.05, 4.69) is 20.3 Å². The van der Waals surface area contributed by atoms with E-state index in [-0.39, 0.29) is 29.9 Å². The van der Waals surface area contributed by atoms with Crippen molar-refractivity contribution < 1.29 is 17.6 Å². The molecule has 1 aromatic carbocycles. The summed E-state index contributed by atoms with van der Waals surface area (Å²) in [6, 6.07) is 4.43. The number of aromatic nitrogens is 3. The van der Waals surface area contributed by atoms with Crippen LogP contribution in [0.25, 0.3) is 11.0 Å². The summed E-state index contributed by atoms with van der Waals surface area (Å²) in [5.74, 6) is -0.606. The molecule has 0 bridgehead atoms. The fraction of sp³-hybridized carbons (Fsp3) is 0.278. The number of rotatable bonds is 4. The molecule has 3 aromatic rings. The Balaban J connectivity index is 2.12. The summed E-state index contributed by atoms with van der Waals surface area (Å²) in [6.45, 7) is 3.79.